The summed E-state index contributed by atoms with van der Waals surface area (Å²) in [6.45, 7) is -0.278. The van der Waals surface area contributed by atoms with Gasteiger partial charge in [0.25, 0.3) is 0 Å². The summed E-state index contributed by atoms with van der Waals surface area (Å²) < 4.78 is 0. The summed E-state index contributed by atoms with van der Waals surface area (Å²) in [5.41, 5.74) is 10.2. The van der Waals surface area contributed by atoms with Crippen LogP contribution in [0.5, 0.6) is 0 Å². The van der Waals surface area contributed by atoms with Gasteiger partial charge in [-0.25, -0.2) is 0 Å². The van der Waals surface area contributed by atoms with Crippen LogP contribution in [0, 0.1) is 5.41 Å². The van der Waals surface area contributed by atoms with Crippen molar-refractivity contribution >= 4 is 56.0 Å². The van der Waals surface area contributed by atoms with E-state index in [-0.39, 0.29) is 74.8 Å². The van der Waals surface area contributed by atoms with Crippen molar-refractivity contribution in [3.05, 3.63) is 0 Å². The van der Waals surface area contributed by atoms with E-state index in [1.54, 1.807) is 0 Å². The summed E-state index contributed by atoms with van der Waals surface area (Å²) in [5.74, 6) is -1.11. The number of carboxylic acids is 1. The molecule has 0 saturated heterocycles. The number of carboxylic acid groups (broad SMARTS) is 1. The molecule has 0 aromatic heterocycles. The van der Waals surface area contributed by atoms with Crippen molar-refractivity contribution < 1.29 is 65.0 Å². The van der Waals surface area contributed by atoms with E-state index in [4.69, 9.17) is 47.5 Å². The van der Waals surface area contributed by atoms with Gasteiger partial charge in [-0.2, -0.15) is 0 Å². The summed E-state index contributed by atoms with van der Waals surface area (Å²) in [4.78, 5) is 20.1. The van der Waals surface area contributed by atoms with Crippen LogP contribution in [0.3, 0.4) is 0 Å². The molecule has 0 rings (SSSR count). The maximum Gasteiger partial charge on any atom is 2.00 e. The van der Waals surface area contributed by atoms with E-state index in [0.29, 0.717) is 19.4 Å². The first kappa shape index (κ1) is 37.7. The predicted molar refractivity (Wildman–Crippen MR) is 87.7 cm³/mol. The third-order valence-electron chi connectivity index (χ3n) is 2.75. The summed E-state index contributed by atoms with van der Waals surface area (Å²) in [6, 6.07) is -0.821. The first-order valence-electron chi connectivity index (χ1n) is 6.93. The Hall–Kier alpha value is 0.00974. The maximum absolute atomic E-state index is 10.2. The molecule has 15 heteroatoms. The van der Waals surface area contributed by atoms with Crippen LogP contribution in [0.1, 0.15) is 12.8 Å². The first-order valence-corrected chi connectivity index (χ1v) is 6.93. The standard InChI is InChI=1S/C6H14N4O2.C6H12O6.Ca.2ClH/c7-4(5(11)12)2-1-3-10-6(8)9;7-1-3(9)5(11)6(12)4(10)2-8;;;/h4H,1-3,7H2,(H,11,12)(H4,8,9,10);1,3-6,8-12H,2H2;;2*1H/q;;+2;;/p-2. The molecule has 0 fully saturated rings. The van der Waals surface area contributed by atoms with Crippen LogP contribution in [0.25, 0.3) is 0 Å². The fraction of sp³-hybridized carbons (Fsp3) is 0.750. The van der Waals surface area contributed by atoms with E-state index >= 15 is 0 Å². The minimum absolute atomic E-state index is 0. The Bertz CT molecular complexity index is 400. The van der Waals surface area contributed by atoms with Crippen molar-refractivity contribution in [2.75, 3.05) is 13.2 Å². The number of aliphatic hydroxyl groups excluding tert-OH is 5. The van der Waals surface area contributed by atoms with Gasteiger partial charge < -0.3 is 77.0 Å². The average Bonchev–Trinajstić information content (AvgIpc) is 2.55. The molecule has 0 saturated carbocycles. The Labute approximate surface area is 198 Å². The molecule has 27 heavy (non-hydrogen) atoms. The summed E-state index contributed by atoms with van der Waals surface area (Å²) in [6.07, 6.45) is -5.86. The van der Waals surface area contributed by atoms with Gasteiger partial charge in [-0.3, -0.25) is 10.2 Å². The Morgan fingerprint density at radius 2 is 1.63 bits per heavy atom. The molecule has 0 aliphatic rings. The van der Waals surface area contributed by atoms with Gasteiger partial charge in [0.1, 0.15) is 30.5 Å². The minimum atomic E-state index is -1.79. The molecule has 158 valence electrons. The molecule has 5 unspecified atom stereocenters. The SMILES string of the molecule is N=C(N)NCCCC(N)C(=O)O.O=CC(O)C(O)C(O)C(O)CO.[Ca+2].[Cl-].[Cl-]. The second-order valence-corrected chi connectivity index (χ2v) is 4.79. The van der Waals surface area contributed by atoms with E-state index in [9.17, 15) is 9.59 Å². The molecule has 0 spiro atoms. The molecule has 0 aliphatic carbocycles. The van der Waals surface area contributed by atoms with Gasteiger partial charge in [0.2, 0.25) is 0 Å². The van der Waals surface area contributed by atoms with Gasteiger partial charge >= 0.3 is 43.7 Å². The number of rotatable bonds is 10. The Kier molecular flexibility index (Phi) is 31.2. The topological polar surface area (TPSA) is 243 Å². The van der Waals surface area contributed by atoms with Crippen LogP contribution in [0.15, 0.2) is 0 Å². The van der Waals surface area contributed by atoms with Crippen LogP contribution < -0.4 is 41.6 Å². The molecule has 0 aliphatic heterocycles. The van der Waals surface area contributed by atoms with Gasteiger partial charge in [0.15, 0.2) is 12.2 Å². The summed E-state index contributed by atoms with van der Waals surface area (Å²) >= 11 is 0. The molecule has 12 nitrogen and oxygen atoms in total. The number of guanidine groups is 1. The van der Waals surface area contributed by atoms with E-state index in [2.05, 4.69) is 5.32 Å². The largest absolute Gasteiger partial charge is 2.00 e. The van der Waals surface area contributed by atoms with Gasteiger partial charge in [-0.05, 0) is 12.8 Å². The van der Waals surface area contributed by atoms with Crippen molar-refractivity contribution in [2.24, 2.45) is 11.5 Å². The predicted octanol–water partition coefficient (Wildman–Crippen LogP) is -11.1. The zero-order valence-corrected chi connectivity index (χ0v) is 18.1. The second-order valence-electron chi connectivity index (χ2n) is 4.79. The number of hydrogen-bond acceptors (Lipinski definition) is 9. The number of aliphatic hydroxyl groups is 5. The number of halogens is 2. The molecule has 0 aromatic carbocycles. The van der Waals surface area contributed by atoms with Crippen molar-refractivity contribution in [3.63, 3.8) is 0 Å². The summed E-state index contributed by atoms with van der Waals surface area (Å²) in [7, 11) is 0. The molecule has 0 bridgehead atoms. The van der Waals surface area contributed by atoms with E-state index < -0.39 is 43.0 Å². The number of nitrogens with two attached hydrogens (primary N) is 2. The van der Waals surface area contributed by atoms with Crippen LogP contribution in [0.4, 0.5) is 0 Å². The summed E-state index contributed by atoms with van der Waals surface area (Å²) in [5, 5.41) is 61.3. The quantitative estimate of drug-likeness (QED) is 0.0477. The Balaban J connectivity index is -0.000000108. The average molecular weight is 465 g/mol. The normalized spacial score (nSPS) is 14.7. The third kappa shape index (κ3) is 20.6. The molecule has 12 N–H and O–H groups in total. The molecule has 0 radical (unpaired) electrons. The Morgan fingerprint density at radius 1 is 1.15 bits per heavy atom. The smallest absolute Gasteiger partial charge is 1.00 e. The fourth-order valence-electron chi connectivity index (χ4n) is 1.29. The number of carbonyl (C=O) groups is 2. The second kappa shape index (κ2) is 22.3. The van der Waals surface area contributed by atoms with Gasteiger partial charge in [0.05, 0.1) is 6.61 Å². The third-order valence-corrected chi connectivity index (χ3v) is 2.75. The number of aliphatic carboxylic acids is 1. The maximum atomic E-state index is 10.2. The first-order chi connectivity index (χ1) is 11.1. The fourth-order valence-corrected chi connectivity index (χ4v) is 1.29. The molecular weight excluding hydrogens is 439 g/mol. The van der Waals surface area contributed by atoms with Crippen LogP contribution in [0.2, 0.25) is 0 Å². The molecule has 0 aromatic rings. The van der Waals surface area contributed by atoms with E-state index in [1.165, 1.54) is 0 Å². The molecule has 5 atom stereocenters. The van der Waals surface area contributed by atoms with Crippen LogP contribution in [-0.2, 0) is 9.59 Å². The minimum Gasteiger partial charge on any atom is -1.00 e. The number of carbonyl (C=O) groups excluding carboxylic acids is 1. The van der Waals surface area contributed by atoms with Crippen LogP contribution in [-0.4, -0.2) is 130 Å². The zero-order chi connectivity index (χ0) is 19.3. The zero-order valence-electron chi connectivity index (χ0n) is 14.4. The van der Waals surface area contributed by atoms with Crippen molar-refractivity contribution in [2.45, 2.75) is 43.3 Å². The van der Waals surface area contributed by atoms with Gasteiger partial charge in [0, 0.05) is 6.54 Å². The van der Waals surface area contributed by atoms with Gasteiger partial charge in [-0.1, -0.05) is 0 Å². The van der Waals surface area contributed by atoms with Gasteiger partial charge in [-0.15, -0.1) is 0 Å². The number of aldehydes is 1. The molecule has 0 heterocycles. The van der Waals surface area contributed by atoms with Crippen molar-refractivity contribution in [3.8, 4) is 0 Å². The molecule has 0 amide bonds. The van der Waals surface area contributed by atoms with E-state index in [0.717, 1.165) is 0 Å². The Morgan fingerprint density at radius 3 is 1.96 bits per heavy atom. The molecular formula is C12H26CaCl2N4O8. The number of nitrogens with one attached hydrogen (secondary N) is 2. The van der Waals surface area contributed by atoms with Crippen LogP contribution >= 0.6 is 0 Å². The van der Waals surface area contributed by atoms with E-state index in [1.807, 2.05) is 0 Å². The monoisotopic (exact) mass is 464 g/mol. The number of hydrogen-bond donors (Lipinski definition) is 10. The van der Waals surface area contributed by atoms with Crippen molar-refractivity contribution in [1.82, 2.24) is 5.32 Å². The van der Waals surface area contributed by atoms with Crippen molar-refractivity contribution in [1.29, 1.82) is 5.41 Å².